The van der Waals surface area contributed by atoms with Gasteiger partial charge in [-0.2, -0.15) is 0 Å². The van der Waals surface area contributed by atoms with E-state index in [9.17, 15) is 13.2 Å². The van der Waals surface area contributed by atoms with E-state index in [0.717, 1.165) is 23.6 Å². The maximum absolute atomic E-state index is 13.8. The van der Waals surface area contributed by atoms with Crippen molar-refractivity contribution in [2.24, 2.45) is 0 Å². The van der Waals surface area contributed by atoms with Crippen molar-refractivity contribution in [1.82, 2.24) is 0 Å². The van der Waals surface area contributed by atoms with Gasteiger partial charge in [0.25, 0.3) is 0 Å². The summed E-state index contributed by atoms with van der Waals surface area (Å²) in [6.07, 6.45) is 7.50. The molecule has 24 heavy (non-hydrogen) atoms. The lowest BCUT2D eigenvalue weighted by molar-refractivity contribution is 0.440. The molecule has 0 amide bonds. The van der Waals surface area contributed by atoms with E-state index in [2.05, 4.69) is 31.2 Å². The summed E-state index contributed by atoms with van der Waals surface area (Å²) < 4.78 is 40.6. The Labute approximate surface area is 141 Å². The van der Waals surface area contributed by atoms with Gasteiger partial charge in [-0.3, -0.25) is 0 Å². The number of aryl methyl sites for hydroxylation is 1. The Morgan fingerprint density at radius 3 is 2.38 bits per heavy atom. The maximum atomic E-state index is 13.8. The molecule has 0 radical (unpaired) electrons. The lowest BCUT2D eigenvalue weighted by Gasteiger charge is -2.18. The first-order valence-corrected chi connectivity index (χ1v) is 8.56. The molecule has 0 unspecified atom stereocenters. The fourth-order valence-corrected chi connectivity index (χ4v) is 3.25. The molecule has 0 spiro atoms. The molecule has 1 aliphatic carbocycles. The number of rotatable bonds is 5. The average molecular weight is 330 g/mol. The zero-order valence-electron chi connectivity index (χ0n) is 13.8. The summed E-state index contributed by atoms with van der Waals surface area (Å²) in [6, 6.07) is 9.45. The molecule has 2 aromatic rings. The summed E-state index contributed by atoms with van der Waals surface area (Å²) in [4.78, 5) is 0. The SMILES string of the molecule is CCCCCc1ccc(C2=Cc3cc(F)c(F)c(F)c3CC2)cc1. The van der Waals surface area contributed by atoms with E-state index < -0.39 is 17.5 Å². The average Bonchev–Trinajstić information content (AvgIpc) is 2.60. The lowest BCUT2D eigenvalue weighted by Crippen LogP contribution is -2.06. The predicted octanol–water partition coefficient (Wildman–Crippen LogP) is 6.32. The van der Waals surface area contributed by atoms with Crippen LogP contribution in [-0.2, 0) is 12.8 Å². The van der Waals surface area contributed by atoms with Crippen LogP contribution in [0.4, 0.5) is 13.2 Å². The quantitative estimate of drug-likeness (QED) is 0.444. The van der Waals surface area contributed by atoms with E-state index in [1.807, 2.05) is 0 Å². The van der Waals surface area contributed by atoms with E-state index in [4.69, 9.17) is 0 Å². The number of halogens is 3. The third kappa shape index (κ3) is 3.40. The van der Waals surface area contributed by atoms with Crippen LogP contribution in [0.25, 0.3) is 11.6 Å². The summed E-state index contributed by atoms with van der Waals surface area (Å²) in [5.74, 6) is -3.55. The van der Waals surface area contributed by atoms with Crippen LogP contribution in [0.5, 0.6) is 0 Å². The van der Waals surface area contributed by atoms with Gasteiger partial charge in [0, 0.05) is 0 Å². The summed E-state index contributed by atoms with van der Waals surface area (Å²) in [7, 11) is 0. The van der Waals surface area contributed by atoms with Gasteiger partial charge in [0.15, 0.2) is 17.5 Å². The van der Waals surface area contributed by atoms with Crippen LogP contribution in [0.2, 0.25) is 0 Å². The van der Waals surface area contributed by atoms with Crippen LogP contribution >= 0.6 is 0 Å². The Hall–Kier alpha value is -2.03. The molecule has 2 aromatic carbocycles. The fraction of sp³-hybridized carbons (Fsp3) is 0.333. The van der Waals surface area contributed by atoms with E-state index in [1.54, 1.807) is 6.08 Å². The van der Waals surface area contributed by atoms with Crippen molar-refractivity contribution in [2.45, 2.75) is 45.4 Å². The molecular weight excluding hydrogens is 309 g/mol. The van der Waals surface area contributed by atoms with Gasteiger partial charge in [-0.25, -0.2) is 13.2 Å². The molecule has 0 N–H and O–H groups in total. The molecule has 0 saturated heterocycles. The smallest absolute Gasteiger partial charge is 0.194 e. The Balaban J connectivity index is 1.83. The van der Waals surface area contributed by atoms with Gasteiger partial charge < -0.3 is 0 Å². The van der Waals surface area contributed by atoms with E-state index >= 15 is 0 Å². The topological polar surface area (TPSA) is 0 Å². The van der Waals surface area contributed by atoms with Crippen molar-refractivity contribution in [1.29, 1.82) is 0 Å². The highest BCUT2D eigenvalue weighted by atomic mass is 19.2. The lowest BCUT2D eigenvalue weighted by atomic mass is 9.88. The normalized spacial score (nSPS) is 13.6. The number of fused-ring (bicyclic) bond motifs is 1. The largest absolute Gasteiger partial charge is 0.204 e. The summed E-state index contributed by atoms with van der Waals surface area (Å²) in [5.41, 5.74) is 4.12. The van der Waals surface area contributed by atoms with E-state index in [0.29, 0.717) is 18.4 Å². The molecule has 3 heteroatoms. The molecule has 0 fully saturated rings. The maximum Gasteiger partial charge on any atom is 0.194 e. The number of allylic oxidation sites excluding steroid dienone is 1. The monoisotopic (exact) mass is 330 g/mol. The van der Waals surface area contributed by atoms with Crippen LogP contribution < -0.4 is 0 Å². The zero-order chi connectivity index (χ0) is 17.1. The molecule has 0 aromatic heterocycles. The van der Waals surface area contributed by atoms with Crippen LogP contribution in [0.3, 0.4) is 0 Å². The first-order valence-electron chi connectivity index (χ1n) is 8.56. The summed E-state index contributed by atoms with van der Waals surface area (Å²) >= 11 is 0. The van der Waals surface area contributed by atoms with Crippen molar-refractivity contribution in [3.8, 4) is 0 Å². The van der Waals surface area contributed by atoms with Crippen molar-refractivity contribution in [2.75, 3.05) is 0 Å². The molecule has 0 heterocycles. The van der Waals surface area contributed by atoms with Crippen molar-refractivity contribution < 1.29 is 13.2 Å². The molecule has 1 aliphatic rings. The summed E-state index contributed by atoms with van der Waals surface area (Å²) in [6.45, 7) is 2.19. The van der Waals surface area contributed by atoms with Crippen molar-refractivity contribution in [3.05, 3.63) is 70.0 Å². The molecule has 0 aliphatic heterocycles. The Morgan fingerprint density at radius 2 is 1.67 bits per heavy atom. The van der Waals surface area contributed by atoms with Crippen LogP contribution in [0.15, 0.2) is 30.3 Å². The standard InChI is InChI=1S/C21H21F3/c1-2-3-4-5-14-6-8-15(9-7-14)16-10-11-18-17(12-16)13-19(22)21(24)20(18)23/h6-9,12-13H,2-5,10-11H2,1H3. The van der Waals surface area contributed by atoms with E-state index in [-0.39, 0.29) is 5.56 Å². The minimum Gasteiger partial charge on any atom is -0.204 e. The molecule has 0 bridgehead atoms. The van der Waals surface area contributed by atoms with Gasteiger partial charge in [-0.15, -0.1) is 0 Å². The molecular formula is C21H21F3. The second-order valence-corrected chi connectivity index (χ2v) is 6.38. The third-order valence-electron chi connectivity index (χ3n) is 4.67. The van der Waals surface area contributed by atoms with Crippen molar-refractivity contribution in [3.63, 3.8) is 0 Å². The minimum absolute atomic E-state index is 0.272. The first-order chi connectivity index (χ1) is 11.6. The second-order valence-electron chi connectivity index (χ2n) is 6.38. The van der Waals surface area contributed by atoms with E-state index in [1.165, 1.54) is 24.8 Å². The highest BCUT2D eigenvalue weighted by molar-refractivity contribution is 5.84. The van der Waals surface area contributed by atoms with Crippen molar-refractivity contribution >= 4 is 11.6 Å². The van der Waals surface area contributed by atoms with Gasteiger partial charge in [-0.05, 0) is 59.6 Å². The predicted molar refractivity (Wildman–Crippen MR) is 92.2 cm³/mol. The number of unbranched alkanes of at least 4 members (excludes halogenated alkanes) is 2. The molecule has 0 atom stereocenters. The fourth-order valence-electron chi connectivity index (χ4n) is 3.25. The minimum atomic E-state index is -1.37. The Bertz CT molecular complexity index is 758. The van der Waals surface area contributed by atoms with Gasteiger partial charge in [0.05, 0.1) is 0 Å². The number of benzene rings is 2. The van der Waals surface area contributed by atoms with Crippen LogP contribution in [0, 0.1) is 17.5 Å². The molecule has 126 valence electrons. The highest BCUT2D eigenvalue weighted by Gasteiger charge is 2.21. The van der Waals surface area contributed by atoms with Gasteiger partial charge in [-0.1, -0.05) is 50.1 Å². The van der Waals surface area contributed by atoms with Crippen LogP contribution in [0.1, 0.15) is 54.9 Å². The third-order valence-corrected chi connectivity index (χ3v) is 4.67. The van der Waals surface area contributed by atoms with Gasteiger partial charge in [0.2, 0.25) is 0 Å². The van der Waals surface area contributed by atoms with Gasteiger partial charge >= 0.3 is 0 Å². The molecule has 3 rings (SSSR count). The summed E-state index contributed by atoms with van der Waals surface area (Å²) in [5, 5.41) is 0. The zero-order valence-corrected chi connectivity index (χ0v) is 13.8. The number of hydrogen-bond donors (Lipinski definition) is 0. The Morgan fingerprint density at radius 1 is 0.917 bits per heavy atom. The first kappa shape index (κ1) is 16.8. The van der Waals surface area contributed by atoms with Crippen LogP contribution in [-0.4, -0.2) is 0 Å². The number of hydrogen-bond acceptors (Lipinski definition) is 0. The van der Waals surface area contributed by atoms with Gasteiger partial charge in [0.1, 0.15) is 0 Å². The molecule has 0 saturated carbocycles. The highest BCUT2D eigenvalue weighted by Crippen LogP contribution is 2.33. The second kappa shape index (κ2) is 7.25. The Kier molecular flexibility index (Phi) is 5.08. The molecule has 0 nitrogen and oxygen atoms in total.